The van der Waals surface area contributed by atoms with E-state index in [1.807, 2.05) is 0 Å². The first-order chi connectivity index (χ1) is 8.48. The highest BCUT2D eigenvalue weighted by molar-refractivity contribution is 5.86. The maximum absolute atomic E-state index is 13.7. The predicted molar refractivity (Wildman–Crippen MR) is 73.9 cm³/mol. The van der Waals surface area contributed by atoms with Gasteiger partial charge in [0.15, 0.2) is 0 Å². The molecule has 0 saturated heterocycles. The summed E-state index contributed by atoms with van der Waals surface area (Å²) < 4.78 is 16.1. The van der Waals surface area contributed by atoms with Crippen molar-refractivity contribution >= 4 is 10.9 Å². The van der Waals surface area contributed by atoms with E-state index in [4.69, 9.17) is 0 Å². The number of benzene rings is 1. The van der Waals surface area contributed by atoms with Gasteiger partial charge in [0.2, 0.25) is 0 Å². The normalized spacial score (nSPS) is 20.1. The van der Waals surface area contributed by atoms with Crippen molar-refractivity contribution in [2.24, 2.45) is 0 Å². The van der Waals surface area contributed by atoms with Gasteiger partial charge in [-0.1, -0.05) is 39.0 Å². The van der Waals surface area contributed by atoms with Gasteiger partial charge in [0.05, 0.1) is 0 Å². The lowest BCUT2D eigenvalue weighted by molar-refractivity contribution is 0.271. The molecule has 1 atom stereocenters. The average molecular weight is 245 g/mol. The van der Waals surface area contributed by atoms with Crippen LogP contribution in [0.1, 0.15) is 38.4 Å². The van der Waals surface area contributed by atoms with Crippen LogP contribution in [0.15, 0.2) is 24.3 Å². The Morgan fingerprint density at radius 3 is 2.67 bits per heavy atom. The average Bonchev–Trinajstić information content (AvgIpc) is 2.61. The fourth-order valence-corrected chi connectivity index (χ4v) is 3.24. The second-order valence-corrected chi connectivity index (χ2v) is 6.33. The van der Waals surface area contributed by atoms with Crippen molar-refractivity contribution in [3.63, 3.8) is 0 Å². The lowest BCUT2D eigenvalue weighted by Gasteiger charge is -2.25. The smallest absolute Gasteiger partial charge is 0.107 e. The summed E-state index contributed by atoms with van der Waals surface area (Å²) in [6.07, 6.45) is 0.541. The van der Waals surface area contributed by atoms with Crippen molar-refractivity contribution in [3.05, 3.63) is 35.5 Å². The van der Waals surface area contributed by atoms with E-state index in [-0.39, 0.29) is 5.41 Å². The van der Waals surface area contributed by atoms with Gasteiger partial charge in [0, 0.05) is 29.6 Å². The number of fused-ring (bicyclic) bond motifs is 3. The van der Waals surface area contributed by atoms with Gasteiger partial charge in [-0.05, 0) is 23.5 Å². The van der Waals surface area contributed by atoms with Crippen LogP contribution in [0.5, 0.6) is 0 Å². The minimum absolute atomic E-state index is 0.0667. The number of para-hydroxylation sites is 1. The van der Waals surface area contributed by atoms with Crippen molar-refractivity contribution in [1.82, 2.24) is 4.57 Å². The fourth-order valence-electron chi connectivity index (χ4n) is 3.24. The Hall–Kier alpha value is -1.31. The number of alkyl halides is 1. The first kappa shape index (κ1) is 11.8. The molecule has 1 aliphatic heterocycles. The Morgan fingerprint density at radius 2 is 1.94 bits per heavy atom. The molecule has 1 aromatic carbocycles. The minimum atomic E-state index is -0.678. The van der Waals surface area contributed by atoms with E-state index in [1.165, 1.54) is 22.2 Å². The summed E-state index contributed by atoms with van der Waals surface area (Å²) in [7, 11) is 0. The number of nitrogens with zero attached hydrogens (tertiary/aromatic N) is 1. The molecule has 2 heterocycles. The SMILES string of the molecule is CC(C)(C)c1c2n(c3ccccc13)CCC(F)C2. The number of hydrogen-bond acceptors (Lipinski definition) is 0. The highest BCUT2D eigenvalue weighted by atomic mass is 19.1. The number of rotatable bonds is 0. The van der Waals surface area contributed by atoms with Crippen molar-refractivity contribution < 1.29 is 4.39 Å². The zero-order valence-electron chi connectivity index (χ0n) is 11.3. The van der Waals surface area contributed by atoms with Crippen LogP contribution in [0.2, 0.25) is 0 Å². The summed E-state index contributed by atoms with van der Waals surface area (Å²) >= 11 is 0. The Bertz CT molecular complexity index is 589. The van der Waals surface area contributed by atoms with Crippen molar-refractivity contribution in [2.75, 3.05) is 0 Å². The van der Waals surface area contributed by atoms with Crippen LogP contribution in [-0.2, 0) is 18.4 Å². The topological polar surface area (TPSA) is 4.93 Å². The van der Waals surface area contributed by atoms with Gasteiger partial charge >= 0.3 is 0 Å². The molecular formula is C16H20FN. The Labute approximate surface area is 108 Å². The molecule has 18 heavy (non-hydrogen) atoms. The van der Waals surface area contributed by atoms with Crippen molar-refractivity contribution in [2.45, 2.75) is 51.7 Å². The van der Waals surface area contributed by atoms with Crippen molar-refractivity contribution in [1.29, 1.82) is 0 Å². The highest BCUT2D eigenvalue weighted by Crippen LogP contribution is 2.38. The number of aromatic nitrogens is 1. The van der Waals surface area contributed by atoms with Gasteiger partial charge in [-0.3, -0.25) is 0 Å². The Balaban J connectivity index is 2.35. The van der Waals surface area contributed by atoms with E-state index in [2.05, 4.69) is 49.6 Å². The van der Waals surface area contributed by atoms with Crippen LogP contribution in [0, 0.1) is 0 Å². The molecule has 0 spiro atoms. The van der Waals surface area contributed by atoms with E-state index in [0.29, 0.717) is 12.8 Å². The summed E-state index contributed by atoms with van der Waals surface area (Å²) in [4.78, 5) is 0. The van der Waals surface area contributed by atoms with Crippen LogP contribution in [0.25, 0.3) is 10.9 Å². The lowest BCUT2D eigenvalue weighted by atomic mass is 9.83. The molecule has 0 amide bonds. The van der Waals surface area contributed by atoms with Crippen LogP contribution in [-0.4, -0.2) is 10.7 Å². The van der Waals surface area contributed by atoms with Gasteiger partial charge in [0.1, 0.15) is 6.17 Å². The molecule has 2 heteroatoms. The molecule has 3 rings (SSSR count). The standard InChI is InChI=1S/C16H20FN/c1-16(2,3)15-12-6-4-5-7-13(12)18-9-8-11(17)10-14(15)18/h4-7,11H,8-10H2,1-3H3. The van der Waals surface area contributed by atoms with E-state index in [1.54, 1.807) is 0 Å². The molecule has 96 valence electrons. The maximum Gasteiger partial charge on any atom is 0.107 e. The zero-order valence-corrected chi connectivity index (χ0v) is 11.3. The van der Waals surface area contributed by atoms with Crippen LogP contribution in [0.3, 0.4) is 0 Å². The third kappa shape index (κ3) is 1.66. The number of aryl methyl sites for hydroxylation is 1. The molecule has 1 aromatic heterocycles. The summed E-state index contributed by atoms with van der Waals surface area (Å²) in [5.74, 6) is 0. The highest BCUT2D eigenvalue weighted by Gasteiger charge is 2.29. The second-order valence-electron chi connectivity index (χ2n) is 6.33. The molecule has 1 aliphatic rings. The first-order valence-electron chi connectivity index (χ1n) is 6.73. The molecule has 0 fully saturated rings. The molecule has 1 unspecified atom stereocenters. The van der Waals surface area contributed by atoms with E-state index in [9.17, 15) is 4.39 Å². The summed E-state index contributed by atoms with van der Waals surface area (Å²) in [5, 5.41) is 1.30. The predicted octanol–water partition coefficient (Wildman–Crippen LogP) is 4.22. The molecule has 0 bridgehead atoms. The summed E-state index contributed by atoms with van der Waals surface area (Å²) in [6.45, 7) is 7.47. The van der Waals surface area contributed by atoms with Crippen LogP contribution >= 0.6 is 0 Å². The molecule has 0 radical (unpaired) electrons. The van der Waals surface area contributed by atoms with Gasteiger partial charge < -0.3 is 4.57 Å². The molecule has 0 N–H and O–H groups in total. The monoisotopic (exact) mass is 245 g/mol. The summed E-state index contributed by atoms with van der Waals surface area (Å²) in [6, 6.07) is 8.49. The summed E-state index contributed by atoms with van der Waals surface area (Å²) in [5.41, 5.74) is 3.88. The number of halogens is 1. The molecule has 0 aliphatic carbocycles. The Morgan fingerprint density at radius 1 is 1.22 bits per heavy atom. The van der Waals surface area contributed by atoms with Crippen LogP contribution < -0.4 is 0 Å². The fraction of sp³-hybridized carbons (Fsp3) is 0.500. The zero-order chi connectivity index (χ0) is 12.9. The third-order valence-corrected chi connectivity index (χ3v) is 3.91. The van der Waals surface area contributed by atoms with E-state index >= 15 is 0 Å². The minimum Gasteiger partial charge on any atom is -0.344 e. The van der Waals surface area contributed by atoms with E-state index in [0.717, 1.165) is 6.54 Å². The maximum atomic E-state index is 13.7. The number of hydrogen-bond donors (Lipinski definition) is 0. The van der Waals surface area contributed by atoms with Gasteiger partial charge in [-0.25, -0.2) is 4.39 Å². The van der Waals surface area contributed by atoms with Gasteiger partial charge in [-0.2, -0.15) is 0 Å². The van der Waals surface area contributed by atoms with Gasteiger partial charge in [0.25, 0.3) is 0 Å². The van der Waals surface area contributed by atoms with Gasteiger partial charge in [-0.15, -0.1) is 0 Å². The molecule has 0 saturated carbocycles. The largest absolute Gasteiger partial charge is 0.344 e. The van der Waals surface area contributed by atoms with Crippen LogP contribution in [0.4, 0.5) is 4.39 Å². The quantitative estimate of drug-likeness (QED) is 0.655. The molecular weight excluding hydrogens is 225 g/mol. The first-order valence-corrected chi connectivity index (χ1v) is 6.73. The third-order valence-electron chi connectivity index (χ3n) is 3.91. The Kier molecular flexibility index (Phi) is 2.51. The molecule has 2 aromatic rings. The van der Waals surface area contributed by atoms with E-state index < -0.39 is 6.17 Å². The van der Waals surface area contributed by atoms with Crippen molar-refractivity contribution in [3.8, 4) is 0 Å². The molecule has 1 nitrogen and oxygen atoms in total. The second kappa shape index (κ2) is 3.84. The lowest BCUT2D eigenvalue weighted by Crippen LogP contribution is -2.23.